The lowest BCUT2D eigenvalue weighted by atomic mass is 10.8. The van der Waals surface area contributed by atoms with Gasteiger partial charge in [-0.1, -0.05) is 0 Å². The van der Waals surface area contributed by atoms with Crippen LogP contribution in [0, 0.1) is 0 Å². The minimum Gasteiger partial charge on any atom is -0.466 e. The molecular formula is C6H7F6O3P. The number of carbonyl (C=O) groups is 1. The van der Waals surface area contributed by atoms with Crippen molar-refractivity contribution in [3.63, 3.8) is 0 Å². The zero-order chi connectivity index (χ0) is 13.2. The van der Waals surface area contributed by atoms with Crippen molar-refractivity contribution in [2.24, 2.45) is 0 Å². The lowest BCUT2D eigenvalue weighted by Gasteiger charge is -2.22. The fourth-order valence-electron chi connectivity index (χ4n) is 0.711. The molecule has 0 aromatic rings. The molecule has 0 fully saturated rings. The second-order valence-electron chi connectivity index (χ2n) is 2.64. The molecule has 0 aliphatic heterocycles. The Labute approximate surface area is 86.1 Å². The summed E-state index contributed by atoms with van der Waals surface area (Å²) in [6, 6.07) is 0. The van der Waals surface area contributed by atoms with Crippen LogP contribution in [0.2, 0.25) is 0 Å². The molecule has 0 rings (SSSR count). The number of esters is 1. The van der Waals surface area contributed by atoms with Crippen LogP contribution in [0.25, 0.3) is 0 Å². The Hall–Kier alpha value is -0.720. The van der Waals surface area contributed by atoms with E-state index in [0.29, 0.717) is 0 Å². The van der Waals surface area contributed by atoms with Crippen LogP contribution in [0.1, 0.15) is 6.92 Å². The standard InChI is InChI=1S/C6H7F6O3P/c1-2-15-4(13)3-16(14,5(7,8)9)6(10,11)12/h2-3H2,1H3. The van der Waals surface area contributed by atoms with E-state index in [1.54, 1.807) is 0 Å². The number of carbonyl (C=O) groups excluding carboxylic acids is 1. The maximum Gasteiger partial charge on any atom is 0.449 e. The van der Waals surface area contributed by atoms with E-state index < -0.39 is 37.7 Å². The highest BCUT2D eigenvalue weighted by atomic mass is 31.2. The molecule has 3 nitrogen and oxygen atoms in total. The van der Waals surface area contributed by atoms with E-state index >= 15 is 0 Å². The summed E-state index contributed by atoms with van der Waals surface area (Å²) in [6.07, 6.45) is -2.21. The van der Waals surface area contributed by atoms with E-state index in [0.717, 1.165) is 0 Å². The average molecular weight is 272 g/mol. The summed E-state index contributed by atoms with van der Waals surface area (Å²) in [7, 11) is -6.65. The molecule has 96 valence electrons. The lowest BCUT2D eigenvalue weighted by Crippen LogP contribution is -2.28. The Bertz CT molecular complexity index is 288. The molecule has 0 saturated carbocycles. The smallest absolute Gasteiger partial charge is 0.449 e. The highest BCUT2D eigenvalue weighted by molar-refractivity contribution is 7.66. The fraction of sp³-hybridized carbons (Fsp3) is 0.833. The first-order valence-corrected chi connectivity index (χ1v) is 5.73. The third kappa shape index (κ3) is 3.13. The van der Waals surface area contributed by atoms with Gasteiger partial charge in [0.15, 0.2) is 0 Å². The SMILES string of the molecule is CCOC(=O)CP(=O)(C(F)(F)F)C(F)(F)F. The summed E-state index contributed by atoms with van der Waals surface area (Å²) in [4.78, 5) is 10.6. The Morgan fingerprint density at radius 1 is 1.12 bits per heavy atom. The quantitative estimate of drug-likeness (QED) is 0.450. The van der Waals surface area contributed by atoms with Gasteiger partial charge in [0.2, 0.25) is 0 Å². The average Bonchev–Trinajstić information content (AvgIpc) is 1.99. The van der Waals surface area contributed by atoms with Crippen molar-refractivity contribution >= 4 is 13.1 Å². The number of rotatable bonds is 3. The van der Waals surface area contributed by atoms with Gasteiger partial charge in [0, 0.05) is 0 Å². The molecule has 0 aliphatic rings. The van der Waals surface area contributed by atoms with Crippen LogP contribution in [0.3, 0.4) is 0 Å². The van der Waals surface area contributed by atoms with Crippen molar-refractivity contribution < 1.29 is 40.4 Å². The molecular weight excluding hydrogens is 265 g/mol. The predicted octanol–water partition coefficient (Wildman–Crippen LogP) is 2.95. The van der Waals surface area contributed by atoms with Crippen molar-refractivity contribution in [1.82, 2.24) is 0 Å². The van der Waals surface area contributed by atoms with Gasteiger partial charge in [-0.25, -0.2) is 0 Å². The fourth-order valence-corrected chi connectivity index (χ4v) is 1.81. The van der Waals surface area contributed by atoms with E-state index in [1.807, 2.05) is 0 Å². The van der Waals surface area contributed by atoms with E-state index in [1.165, 1.54) is 6.92 Å². The second kappa shape index (κ2) is 4.65. The van der Waals surface area contributed by atoms with Gasteiger partial charge in [0.25, 0.3) is 0 Å². The Morgan fingerprint density at radius 3 is 1.75 bits per heavy atom. The molecule has 0 radical (unpaired) electrons. The van der Waals surface area contributed by atoms with Crippen LogP contribution >= 0.6 is 7.14 Å². The summed E-state index contributed by atoms with van der Waals surface area (Å²) in [5, 5.41) is 0. The molecule has 0 unspecified atom stereocenters. The molecule has 10 heteroatoms. The van der Waals surface area contributed by atoms with Crippen molar-refractivity contribution in [2.75, 3.05) is 12.8 Å². The van der Waals surface area contributed by atoms with Crippen molar-refractivity contribution in [3.8, 4) is 0 Å². The van der Waals surface area contributed by atoms with Gasteiger partial charge < -0.3 is 9.30 Å². The molecule has 0 heterocycles. The van der Waals surface area contributed by atoms with Crippen molar-refractivity contribution in [1.29, 1.82) is 0 Å². The summed E-state index contributed by atoms with van der Waals surface area (Å²) < 4.78 is 86.8. The molecule has 0 atom stereocenters. The first-order chi connectivity index (χ1) is 6.95. The Balaban J connectivity index is 5.15. The number of hydrogen-bond acceptors (Lipinski definition) is 3. The molecule has 0 N–H and O–H groups in total. The van der Waals surface area contributed by atoms with Crippen LogP contribution in [0.5, 0.6) is 0 Å². The Kier molecular flexibility index (Phi) is 4.44. The van der Waals surface area contributed by atoms with Crippen LogP contribution < -0.4 is 0 Å². The molecule has 0 amide bonds. The molecule has 0 aromatic carbocycles. The first kappa shape index (κ1) is 15.3. The lowest BCUT2D eigenvalue weighted by molar-refractivity contribution is -0.141. The number of ether oxygens (including phenoxy) is 1. The summed E-state index contributed by atoms with van der Waals surface area (Å²) in [6.45, 7) is 0.804. The maximum atomic E-state index is 12.0. The van der Waals surface area contributed by atoms with Gasteiger partial charge in [-0.05, 0) is 6.92 Å². The zero-order valence-electron chi connectivity index (χ0n) is 7.85. The van der Waals surface area contributed by atoms with Crippen LogP contribution in [0.4, 0.5) is 26.3 Å². The van der Waals surface area contributed by atoms with Crippen molar-refractivity contribution in [2.45, 2.75) is 18.8 Å². The topological polar surface area (TPSA) is 43.4 Å². The van der Waals surface area contributed by atoms with Crippen LogP contribution in [-0.2, 0) is 14.1 Å². The highest BCUT2D eigenvalue weighted by Gasteiger charge is 2.68. The Morgan fingerprint density at radius 2 is 1.50 bits per heavy atom. The maximum absolute atomic E-state index is 12.0. The van der Waals surface area contributed by atoms with Gasteiger partial charge in [-0.3, -0.25) is 4.79 Å². The molecule has 0 saturated heterocycles. The molecule has 16 heavy (non-hydrogen) atoms. The summed E-state index contributed by atoms with van der Waals surface area (Å²) in [5.74, 6) is -13.8. The van der Waals surface area contributed by atoms with E-state index in [4.69, 9.17) is 0 Å². The molecule has 0 spiro atoms. The predicted molar refractivity (Wildman–Crippen MR) is 41.2 cm³/mol. The van der Waals surface area contributed by atoms with Crippen LogP contribution in [0.15, 0.2) is 0 Å². The minimum atomic E-state index is -6.65. The van der Waals surface area contributed by atoms with Gasteiger partial charge in [0.1, 0.15) is 6.16 Å². The normalized spacial score (nSPS) is 13.7. The molecule has 0 aliphatic carbocycles. The zero-order valence-corrected chi connectivity index (χ0v) is 8.75. The highest BCUT2D eigenvalue weighted by Crippen LogP contribution is 2.71. The third-order valence-corrected chi connectivity index (χ3v) is 3.82. The van der Waals surface area contributed by atoms with E-state index in [-0.39, 0.29) is 0 Å². The van der Waals surface area contributed by atoms with Gasteiger partial charge >= 0.3 is 24.9 Å². The second-order valence-corrected chi connectivity index (χ2v) is 5.45. The summed E-state index contributed by atoms with van der Waals surface area (Å²) >= 11 is 0. The largest absolute Gasteiger partial charge is 0.466 e. The van der Waals surface area contributed by atoms with Crippen molar-refractivity contribution in [3.05, 3.63) is 0 Å². The summed E-state index contributed by atoms with van der Waals surface area (Å²) in [5.41, 5.74) is 0. The number of hydrogen-bond donors (Lipinski definition) is 0. The number of halogens is 6. The molecule has 0 bridgehead atoms. The number of alkyl halides is 6. The third-order valence-electron chi connectivity index (χ3n) is 1.48. The van der Waals surface area contributed by atoms with Gasteiger partial charge in [-0.2, -0.15) is 26.3 Å². The first-order valence-electron chi connectivity index (χ1n) is 3.84. The van der Waals surface area contributed by atoms with Gasteiger partial charge in [0.05, 0.1) is 6.61 Å². The van der Waals surface area contributed by atoms with Gasteiger partial charge in [-0.15, -0.1) is 0 Å². The minimum absolute atomic E-state index is 0.394. The van der Waals surface area contributed by atoms with E-state index in [2.05, 4.69) is 4.74 Å². The molecule has 0 aromatic heterocycles. The van der Waals surface area contributed by atoms with Crippen LogP contribution in [-0.4, -0.2) is 30.6 Å². The monoisotopic (exact) mass is 272 g/mol. The van der Waals surface area contributed by atoms with E-state index in [9.17, 15) is 35.7 Å².